The Labute approximate surface area is 181 Å². The maximum Gasteiger partial charge on any atom is 0.239 e. The molecular weight excluding hydrogens is 374 g/mol. The van der Waals surface area contributed by atoms with Crippen LogP contribution in [0, 0.1) is 23.2 Å². The lowest BCUT2D eigenvalue weighted by molar-refractivity contribution is -0.131. The standard InChI is InChI=1S/C25H37N3O2/c1-28(18-19-6-3-2-4-7-19)9-5-8-26-24(30)17-27-23(29)16-25-13-20-10-21(14-25)12-22(11-20)15-25/h2-4,6-7,20-22H,5,8-18H2,1H3,(H,26,30)(H,27,29). The third-order valence-corrected chi connectivity index (χ3v) is 7.48. The number of rotatable bonds is 10. The molecule has 1 aromatic rings. The molecule has 0 aromatic heterocycles. The Balaban J connectivity index is 1.09. The Bertz CT molecular complexity index is 698. The number of hydrogen-bond donors (Lipinski definition) is 2. The topological polar surface area (TPSA) is 61.4 Å². The van der Waals surface area contributed by atoms with Crippen LogP contribution in [0.25, 0.3) is 0 Å². The van der Waals surface area contributed by atoms with Crippen molar-refractivity contribution in [3.05, 3.63) is 35.9 Å². The minimum atomic E-state index is -0.0837. The van der Waals surface area contributed by atoms with Crippen LogP contribution in [-0.2, 0) is 16.1 Å². The van der Waals surface area contributed by atoms with Crippen molar-refractivity contribution in [2.45, 2.75) is 57.9 Å². The van der Waals surface area contributed by atoms with Gasteiger partial charge in [-0.25, -0.2) is 0 Å². The molecule has 4 fully saturated rings. The van der Waals surface area contributed by atoms with Crippen LogP contribution in [0.5, 0.6) is 0 Å². The molecule has 0 radical (unpaired) electrons. The Morgan fingerprint density at radius 3 is 2.23 bits per heavy atom. The first-order valence-electron chi connectivity index (χ1n) is 11.8. The molecule has 0 saturated heterocycles. The van der Waals surface area contributed by atoms with Crippen LogP contribution in [0.4, 0.5) is 0 Å². The first-order chi connectivity index (χ1) is 14.5. The van der Waals surface area contributed by atoms with E-state index in [4.69, 9.17) is 0 Å². The fourth-order valence-electron chi connectivity index (χ4n) is 6.70. The monoisotopic (exact) mass is 411 g/mol. The molecule has 164 valence electrons. The normalized spacial score (nSPS) is 29.2. The summed E-state index contributed by atoms with van der Waals surface area (Å²) in [7, 11) is 2.10. The Morgan fingerprint density at radius 1 is 0.967 bits per heavy atom. The summed E-state index contributed by atoms with van der Waals surface area (Å²) in [5.74, 6) is 2.54. The molecule has 5 nitrogen and oxygen atoms in total. The van der Waals surface area contributed by atoms with Crippen LogP contribution in [0.15, 0.2) is 30.3 Å². The summed E-state index contributed by atoms with van der Waals surface area (Å²) >= 11 is 0. The minimum absolute atomic E-state index is 0.0645. The molecule has 2 amide bonds. The molecule has 4 saturated carbocycles. The van der Waals surface area contributed by atoms with E-state index < -0.39 is 0 Å². The summed E-state index contributed by atoms with van der Waals surface area (Å²) in [5, 5.41) is 5.81. The molecule has 0 heterocycles. The van der Waals surface area contributed by atoms with Crippen LogP contribution in [0.2, 0.25) is 0 Å². The minimum Gasteiger partial charge on any atom is -0.355 e. The van der Waals surface area contributed by atoms with E-state index >= 15 is 0 Å². The quantitative estimate of drug-likeness (QED) is 0.581. The van der Waals surface area contributed by atoms with Gasteiger partial charge in [0.25, 0.3) is 0 Å². The summed E-state index contributed by atoms with van der Waals surface area (Å²) in [6.07, 6.45) is 9.39. The number of nitrogens with zero attached hydrogens (tertiary/aromatic N) is 1. The Kier molecular flexibility index (Phi) is 6.77. The van der Waals surface area contributed by atoms with E-state index in [1.54, 1.807) is 0 Å². The second-order valence-electron chi connectivity index (χ2n) is 10.3. The number of hydrogen-bond acceptors (Lipinski definition) is 3. The largest absolute Gasteiger partial charge is 0.355 e. The maximum atomic E-state index is 12.5. The number of benzene rings is 1. The molecule has 0 atom stereocenters. The van der Waals surface area contributed by atoms with Gasteiger partial charge in [0.2, 0.25) is 11.8 Å². The van der Waals surface area contributed by atoms with E-state index in [0.29, 0.717) is 13.0 Å². The van der Waals surface area contributed by atoms with Crippen LogP contribution >= 0.6 is 0 Å². The molecule has 5 heteroatoms. The van der Waals surface area contributed by atoms with Crippen molar-refractivity contribution in [2.75, 3.05) is 26.7 Å². The first-order valence-corrected chi connectivity index (χ1v) is 11.8. The predicted molar refractivity (Wildman–Crippen MR) is 119 cm³/mol. The van der Waals surface area contributed by atoms with Gasteiger partial charge in [-0.15, -0.1) is 0 Å². The molecule has 4 aliphatic carbocycles. The van der Waals surface area contributed by atoms with Crippen molar-refractivity contribution in [1.29, 1.82) is 0 Å². The van der Waals surface area contributed by atoms with Crippen LogP contribution in [0.3, 0.4) is 0 Å². The summed E-state index contributed by atoms with van der Waals surface area (Å²) in [5.41, 5.74) is 1.53. The lowest BCUT2D eigenvalue weighted by atomic mass is 9.49. The van der Waals surface area contributed by atoms with E-state index in [1.165, 1.54) is 44.1 Å². The third kappa shape index (κ3) is 5.63. The summed E-state index contributed by atoms with van der Waals surface area (Å²) in [6, 6.07) is 10.4. The number of carbonyl (C=O) groups is 2. The van der Waals surface area contributed by atoms with Gasteiger partial charge in [-0.2, -0.15) is 0 Å². The van der Waals surface area contributed by atoms with Gasteiger partial charge in [-0.05, 0) is 87.3 Å². The van der Waals surface area contributed by atoms with Crippen molar-refractivity contribution in [1.82, 2.24) is 15.5 Å². The zero-order chi connectivity index (χ0) is 21.0. The van der Waals surface area contributed by atoms with Gasteiger partial charge in [0.15, 0.2) is 0 Å². The zero-order valence-corrected chi connectivity index (χ0v) is 18.4. The Morgan fingerprint density at radius 2 is 1.60 bits per heavy atom. The Hall–Kier alpha value is -1.88. The average molecular weight is 412 g/mol. The molecule has 0 spiro atoms. The van der Waals surface area contributed by atoms with Crippen molar-refractivity contribution in [3.63, 3.8) is 0 Å². The van der Waals surface area contributed by atoms with E-state index in [2.05, 4.69) is 46.8 Å². The summed E-state index contributed by atoms with van der Waals surface area (Å²) in [6.45, 7) is 2.58. The van der Waals surface area contributed by atoms with Gasteiger partial charge in [0.1, 0.15) is 0 Å². The number of amides is 2. The molecular formula is C25H37N3O2. The SMILES string of the molecule is CN(CCCNC(=O)CNC(=O)CC12CC3CC(CC(C3)C1)C2)Cc1ccccc1. The van der Waals surface area contributed by atoms with Crippen LogP contribution in [0.1, 0.15) is 56.9 Å². The fraction of sp³-hybridized carbons (Fsp3) is 0.680. The molecule has 2 N–H and O–H groups in total. The van der Waals surface area contributed by atoms with E-state index in [9.17, 15) is 9.59 Å². The van der Waals surface area contributed by atoms with Crippen molar-refractivity contribution < 1.29 is 9.59 Å². The van der Waals surface area contributed by atoms with Gasteiger partial charge in [-0.1, -0.05) is 30.3 Å². The highest BCUT2D eigenvalue weighted by Gasteiger charge is 2.51. The smallest absolute Gasteiger partial charge is 0.239 e. The molecule has 30 heavy (non-hydrogen) atoms. The predicted octanol–water partition coefficient (Wildman–Crippen LogP) is 3.35. The maximum absolute atomic E-state index is 12.5. The molecule has 4 aliphatic rings. The van der Waals surface area contributed by atoms with Crippen molar-refractivity contribution in [3.8, 4) is 0 Å². The lowest BCUT2D eigenvalue weighted by Crippen LogP contribution is -2.48. The van der Waals surface area contributed by atoms with Gasteiger partial charge in [-0.3, -0.25) is 9.59 Å². The fourth-order valence-corrected chi connectivity index (χ4v) is 6.70. The zero-order valence-electron chi connectivity index (χ0n) is 18.4. The van der Waals surface area contributed by atoms with Crippen LogP contribution in [-0.4, -0.2) is 43.4 Å². The molecule has 0 unspecified atom stereocenters. The number of carbonyl (C=O) groups excluding carboxylic acids is 2. The summed E-state index contributed by atoms with van der Waals surface area (Å²) < 4.78 is 0. The first kappa shape index (κ1) is 21.4. The van der Waals surface area contributed by atoms with Crippen LogP contribution < -0.4 is 10.6 Å². The highest BCUT2D eigenvalue weighted by Crippen LogP contribution is 2.61. The third-order valence-electron chi connectivity index (χ3n) is 7.48. The highest BCUT2D eigenvalue weighted by molar-refractivity contribution is 5.84. The van der Waals surface area contributed by atoms with Gasteiger partial charge >= 0.3 is 0 Å². The molecule has 5 rings (SSSR count). The second-order valence-corrected chi connectivity index (χ2v) is 10.3. The van der Waals surface area contributed by atoms with Crippen molar-refractivity contribution >= 4 is 11.8 Å². The van der Waals surface area contributed by atoms with Gasteiger partial charge in [0, 0.05) is 19.5 Å². The van der Waals surface area contributed by atoms with E-state index in [-0.39, 0.29) is 23.8 Å². The van der Waals surface area contributed by atoms with E-state index in [1.807, 2.05) is 6.07 Å². The average Bonchev–Trinajstić information content (AvgIpc) is 2.69. The summed E-state index contributed by atoms with van der Waals surface area (Å²) in [4.78, 5) is 26.9. The molecule has 1 aromatic carbocycles. The highest BCUT2D eigenvalue weighted by atomic mass is 16.2. The lowest BCUT2D eigenvalue weighted by Gasteiger charge is -2.56. The number of nitrogens with one attached hydrogen (secondary N) is 2. The van der Waals surface area contributed by atoms with Gasteiger partial charge in [0.05, 0.1) is 6.54 Å². The van der Waals surface area contributed by atoms with Crippen molar-refractivity contribution in [2.24, 2.45) is 23.2 Å². The van der Waals surface area contributed by atoms with Gasteiger partial charge < -0.3 is 15.5 Å². The van der Waals surface area contributed by atoms with E-state index in [0.717, 1.165) is 37.3 Å². The second kappa shape index (κ2) is 9.51. The molecule has 4 bridgehead atoms. The molecule has 0 aliphatic heterocycles.